The lowest BCUT2D eigenvalue weighted by Gasteiger charge is -2.15. The third-order valence-electron chi connectivity index (χ3n) is 3.25. The molecule has 0 saturated carbocycles. The molecule has 0 fully saturated rings. The summed E-state index contributed by atoms with van der Waals surface area (Å²) in [5, 5.41) is 10.2. The topological polar surface area (TPSA) is 57.2 Å². The van der Waals surface area contributed by atoms with Gasteiger partial charge in [0.2, 0.25) is 6.79 Å². The Morgan fingerprint density at radius 3 is 2.67 bits per heavy atom. The van der Waals surface area contributed by atoms with Gasteiger partial charge in [-0.1, -0.05) is 18.2 Å². The molecule has 0 aromatic heterocycles. The molecule has 1 heterocycles. The minimum Gasteiger partial charge on any atom is -0.493 e. The van der Waals surface area contributed by atoms with Gasteiger partial charge in [0.05, 0.1) is 7.11 Å². The molecule has 5 nitrogen and oxygen atoms in total. The van der Waals surface area contributed by atoms with E-state index < -0.39 is 6.10 Å². The highest BCUT2D eigenvalue weighted by Gasteiger charge is 2.17. The third-order valence-corrected chi connectivity index (χ3v) is 3.25. The first-order chi connectivity index (χ1) is 10.3. The quantitative estimate of drug-likeness (QED) is 0.916. The van der Waals surface area contributed by atoms with Gasteiger partial charge in [0.1, 0.15) is 12.7 Å². The molecule has 1 atom stereocenters. The number of methoxy groups -OCH3 is 1. The summed E-state index contributed by atoms with van der Waals surface area (Å²) in [4.78, 5) is 0. The van der Waals surface area contributed by atoms with Gasteiger partial charge >= 0.3 is 0 Å². The number of fused-ring (bicyclic) bond motifs is 1. The summed E-state index contributed by atoms with van der Waals surface area (Å²) in [5.41, 5.74) is 0.717. The van der Waals surface area contributed by atoms with Crippen molar-refractivity contribution in [1.29, 1.82) is 0 Å². The summed E-state index contributed by atoms with van der Waals surface area (Å²) in [6.45, 7) is 0.340. The van der Waals surface area contributed by atoms with E-state index in [-0.39, 0.29) is 13.4 Å². The van der Waals surface area contributed by atoms with E-state index in [4.69, 9.17) is 18.9 Å². The van der Waals surface area contributed by atoms with Crippen molar-refractivity contribution >= 4 is 0 Å². The van der Waals surface area contributed by atoms with Crippen molar-refractivity contribution in [3.05, 3.63) is 48.0 Å². The fourth-order valence-electron chi connectivity index (χ4n) is 2.12. The van der Waals surface area contributed by atoms with Gasteiger partial charge in [-0.3, -0.25) is 0 Å². The normalized spacial score (nSPS) is 13.8. The molecule has 2 aromatic rings. The summed E-state index contributed by atoms with van der Waals surface area (Å²) in [6, 6.07) is 12.7. The SMILES string of the molecule is COc1ccccc1OCC(O)c1ccc2c(c1)OCO2. The van der Waals surface area contributed by atoms with Crippen LogP contribution < -0.4 is 18.9 Å². The number of hydrogen-bond acceptors (Lipinski definition) is 5. The molecule has 0 aliphatic carbocycles. The van der Waals surface area contributed by atoms with E-state index in [1.54, 1.807) is 31.4 Å². The van der Waals surface area contributed by atoms with E-state index >= 15 is 0 Å². The van der Waals surface area contributed by atoms with Crippen molar-refractivity contribution < 1.29 is 24.1 Å². The lowest BCUT2D eigenvalue weighted by molar-refractivity contribution is 0.106. The second-order valence-corrected chi connectivity index (χ2v) is 4.59. The first-order valence-electron chi connectivity index (χ1n) is 6.61. The van der Waals surface area contributed by atoms with Crippen LogP contribution in [0.5, 0.6) is 23.0 Å². The average Bonchev–Trinajstić information content (AvgIpc) is 3.00. The summed E-state index contributed by atoms with van der Waals surface area (Å²) < 4.78 is 21.4. The Morgan fingerprint density at radius 1 is 1.10 bits per heavy atom. The van der Waals surface area contributed by atoms with E-state index in [1.807, 2.05) is 18.2 Å². The van der Waals surface area contributed by atoms with Crippen LogP contribution in [0, 0.1) is 0 Å². The Hall–Kier alpha value is -2.40. The predicted molar refractivity (Wildman–Crippen MR) is 76.0 cm³/mol. The van der Waals surface area contributed by atoms with Gasteiger partial charge in [0, 0.05) is 0 Å². The van der Waals surface area contributed by atoms with Crippen LogP contribution in [0.1, 0.15) is 11.7 Å². The molecule has 0 amide bonds. The maximum absolute atomic E-state index is 10.2. The molecule has 0 saturated heterocycles. The molecule has 1 unspecified atom stereocenters. The molecule has 2 aromatic carbocycles. The standard InChI is InChI=1S/C16H16O5/c1-18-13-4-2-3-5-14(13)19-9-12(17)11-6-7-15-16(8-11)21-10-20-15/h2-8,12,17H,9-10H2,1H3. The molecule has 21 heavy (non-hydrogen) atoms. The molecule has 1 aliphatic rings. The molecule has 110 valence electrons. The Kier molecular flexibility index (Phi) is 3.83. The maximum atomic E-state index is 10.2. The highest BCUT2D eigenvalue weighted by Crippen LogP contribution is 2.34. The molecular weight excluding hydrogens is 272 g/mol. The van der Waals surface area contributed by atoms with Gasteiger partial charge in [-0.05, 0) is 29.8 Å². The zero-order valence-corrected chi connectivity index (χ0v) is 11.6. The van der Waals surface area contributed by atoms with Crippen molar-refractivity contribution in [3.8, 4) is 23.0 Å². The smallest absolute Gasteiger partial charge is 0.231 e. The van der Waals surface area contributed by atoms with Crippen LogP contribution in [-0.2, 0) is 0 Å². The molecular formula is C16H16O5. The van der Waals surface area contributed by atoms with E-state index in [9.17, 15) is 5.11 Å². The lowest BCUT2D eigenvalue weighted by Crippen LogP contribution is -2.10. The Labute approximate surface area is 122 Å². The van der Waals surface area contributed by atoms with E-state index in [0.29, 0.717) is 28.6 Å². The van der Waals surface area contributed by atoms with Gasteiger partial charge in [0.25, 0.3) is 0 Å². The van der Waals surface area contributed by atoms with Crippen molar-refractivity contribution in [2.24, 2.45) is 0 Å². The second kappa shape index (κ2) is 5.93. The first-order valence-corrected chi connectivity index (χ1v) is 6.61. The predicted octanol–water partition coefficient (Wildman–Crippen LogP) is 2.54. The summed E-state index contributed by atoms with van der Waals surface area (Å²) in [7, 11) is 1.58. The van der Waals surface area contributed by atoms with Gasteiger partial charge in [-0.2, -0.15) is 0 Å². The molecule has 3 rings (SSSR count). The molecule has 0 radical (unpaired) electrons. The third kappa shape index (κ3) is 2.87. The fourth-order valence-corrected chi connectivity index (χ4v) is 2.12. The lowest BCUT2D eigenvalue weighted by atomic mass is 10.1. The molecule has 0 bridgehead atoms. The van der Waals surface area contributed by atoms with Crippen LogP contribution in [0.15, 0.2) is 42.5 Å². The molecule has 5 heteroatoms. The fraction of sp³-hybridized carbons (Fsp3) is 0.250. The average molecular weight is 288 g/mol. The maximum Gasteiger partial charge on any atom is 0.231 e. The monoisotopic (exact) mass is 288 g/mol. The van der Waals surface area contributed by atoms with E-state index in [0.717, 1.165) is 0 Å². The van der Waals surface area contributed by atoms with Crippen molar-refractivity contribution in [3.63, 3.8) is 0 Å². The van der Waals surface area contributed by atoms with E-state index in [1.165, 1.54) is 0 Å². The zero-order chi connectivity index (χ0) is 14.7. The van der Waals surface area contributed by atoms with Crippen LogP contribution in [-0.4, -0.2) is 25.6 Å². The van der Waals surface area contributed by atoms with Crippen LogP contribution in [0.4, 0.5) is 0 Å². The van der Waals surface area contributed by atoms with Crippen molar-refractivity contribution in [1.82, 2.24) is 0 Å². The number of para-hydroxylation sites is 2. The largest absolute Gasteiger partial charge is 0.493 e. The number of hydrogen-bond donors (Lipinski definition) is 1. The number of aliphatic hydroxyl groups excluding tert-OH is 1. The number of ether oxygens (including phenoxy) is 4. The van der Waals surface area contributed by atoms with Crippen LogP contribution in [0.2, 0.25) is 0 Å². The van der Waals surface area contributed by atoms with Gasteiger partial charge in [-0.25, -0.2) is 0 Å². The minimum absolute atomic E-state index is 0.125. The van der Waals surface area contributed by atoms with E-state index in [2.05, 4.69) is 0 Å². The van der Waals surface area contributed by atoms with Gasteiger partial charge in [-0.15, -0.1) is 0 Å². The van der Waals surface area contributed by atoms with Crippen molar-refractivity contribution in [2.75, 3.05) is 20.5 Å². The number of rotatable bonds is 5. The number of benzene rings is 2. The Bertz CT molecular complexity index is 626. The van der Waals surface area contributed by atoms with Crippen molar-refractivity contribution in [2.45, 2.75) is 6.10 Å². The number of aliphatic hydroxyl groups is 1. The van der Waals surface area contributed by atoms with Gasteiger partial charge in [0.15, 0.2) is 23.0 Å². The zero-order valence-electron chi connectivity index (χ0n) is 11.6. The second-order valence-electron chi connectivity index (χ2n) is 4.59. The molecule has 1 N–H and O–H groups in total. The molecule has 0 spiro atoms. The van der Waals surface area contributed by atoms with Crippen LogP contribution in [0.25, 0.3) is 0 Å². The minimum atomic E-state index is -0.760. The summed E-state index contributed by atoms with van der Waals surface area (Å²) in [6.07, 6.45) is -0.760. The van der Waals surface area contributed by atoms with Gasteiger partial charge < -0.3 is 24.1 Å². The molecule has 1 aliphatic heterocycles. The first kappa shape index (κ1) is 13.6. The summed E-state index contributed by atoms with van der Waals surface area (Å²) in [5.74, 6) is 2.57. The highest BCUT2D eigenvalue weighted by atomic mass is 16.7. The Morgan fingerprint density at radius 2 is 1.86 bits per heavy atom. The van der Waals surface area contributed by atoms with Crippen LogP contribution in [0.3, 0.4) is 0 Å². The Balaban J connectivity index is 1.67. The highest BCUT2D eigenvalue weighted by molar-refractivity contribution is 5.45. The summed E-state index contributed by atoms with van der Waals surface area (Å²) >= 11 is 0. The van der Waals surface area contributed by atoms with Crippen LogP contribution >= 0.6 is 0 Å².